The number of ether oxygens (including phenoxy) is 1. The molecule has 1 aromatic carbocycles. The quantitative estimate of drug-likeness (QED) is 0.672. The van der Waals surface area contributed by atoms with Crippen molar-refractivity contribution in [2.75, 3.05) is 7.11 Å². The maximum absolute atomic E-state index is 5.12. The molecule has 2 heterocycles. The number of aromatic nitrogens is 3. The van der Waals surface area contributed by atoms with Gasteiger partial charge in [0.1, 0.15) is 12.1 Å². The molecular weight excluding hydrogens is 214 g/mol. The van der Waals surface area contributed by atoms with E-state index in [9.17, 15) is 0 Å². The van der Waals surface area contributed by atoms with Crippen LogP contribution in [-0.2, 0) is 0 Å². The number of rotatable bonds is 2. The molecule has 4 nitrogen and oxygen atoms in total. The first-order chi connectivity index (χ1) is 8.38. The van der Waals surface area contributed by atoms with Crippen LogP contribution in [0.5, 0.6) is 5.88 Å². The van der Waals surface area contributed by atoms with Crippen molar-refractivity contribution < 1.29 is 4.74 Å². The Balaban J connectivity index is 2.20. The van der Waals surface area contributed by atoms with E-state index < -0.39 is 0 Å². The van der Waals surface area contributed by atoms with E-state index in [0.717, 1.165) is 16.9 Å². The van der Waals surface area contributed by atoms with E-state index in [4.69, 9.17) is 4.74 Å². The van der Waals surface area contributed by atoms with E-state index in [2.05, 4.69) is 9.97 Å². The predicted octanol–water partition coefficient (Wildman–Crippen LogP) is 2.43. The van der Waals surface area contributed by atoms with Crippen LogP contribution in [0.3, 0.4) is 0 Å². The molecule has 3 rings (SSSR count). The van der Waals surface area contributed by atoms with Crippen molar-refractivity contribution in [3.05, 3.63) is 48.8 Å². The maximum atomic E-state index is 5.12. The van der Waals surface area contributed by atoms with E-state index in [1.807, 2.05) is 47.0 Å². The molecule has 0 aliphatic carbocycles. The molecule has 0 atom stereocenters. The number of pyridine rings is 1. The molecule has 0 saturated heterocycles. The molecule has 84 valence electrons. The molecule has 0 unspecified atom stereocenters. The third kappa shape index (κ3) is 1.63. The number of para-hydroxylation sites is 2. The largest absolute Gasteiger partial charge is 0.481 e. The summed E-state index contributed by atoms with van der Waals surface area (Å²) in [5.74, 6) is 1.40. The highest BCUT2D eigenvalue weighted by Crippen LogP contribution is 2.17. The molecule has 0 fully saturated rings. The van der Waals surface area contributed by atoms with Gasteiger partial charge in [-0.3, -0.25) is 4.57 Å². The molecule has 2 aromatic heterocycles. The van der Waals surface area contributed by atoms with Gasteiger partial charge in [-0.2, -0.15) is 4.98 Å². The summed E-state index contributed by atoms with van der Waals surface area (Å²) < 4.78 is 7.06. The molecule has 0 spiro atoms. The minimum Gasteiger partial charge on any atom is -0.481 e. The van der Waals surface area contributed by atoms with Crippen molar-refractivity contribution in [3.8, 4) is 11.7 Å². The van der Waals surface area contributed by atoms with Crippen LogP contribution in [0.15, 0.2) is 48.8 Å². The van der Waals surface area contributed by atoms with Crippen LogP contribution in [0.25, 0.3) is 16.9 Å². The minimum atomic E-state index is 0.597. The van der Waals surface area contributed by atoms with E-state index >= 15 is 0 Å². The van der Waals surface area contributed by atoms with Crippen LogP contribution in [-0.4, -0.2) is 21.6 Å². The van der Waals surface area contributed by atoms with Crippen LogP contribution >= 0.6 is 0 Å². The number of methoxy groups -OCH3 is 1. The Morgan fingerprint density at radius 3 is 2.82 bits per heavy atom. The van der Waals surface area contributed by atoms with Crippen molar-refractivity contribution in [2.24, 2.45) is 0 Å². The number of hydrogen-bond acceptors (Lipinski definition) is 3. The number of nitrogens with zero attached hydrogens (tertiary/aromatic N) is 3. The second kappa shape index (κ2) is 3.90. The molecule has 0 bridgehead atoms. The topological polar surface area (TPSA) is 39.9 Å². The normalized spacial score (nSPS) is 10.6. The second-order valence-corrected chi connectivity index (χ2v) is 3.64. The summed E-state index contributed by atoms with van der Waals surface area (Å²) >= 11 is 0. The average Bonchev–Trinajstić information content (AvgIpc) is 2.82. The van der Waals surface area contributed by atoms with E-state index in [0.29, 0.717) is 5.88 Å². The zero-order valence-electron chi connectivity index (χ0n) is 9.37. The van der Waals surface area contributed by atoms with Gasteiger partial charge in [-0.15, -0.1) is 0 Å². The van der Waals surface area contributed by atoms with E-state index in [1.165, 1.54) is 0 Å². The van der Waals surface area contributed by atoms with Crippen LogP contribution in [0.4, 0.5) is 0 Å². The lowest BCUT2D eigenvalue weighted by Gasteiger charge is -2.04. The summed E-state index contributed by atoms with van der Waals surface area (Å²) in [4.78, 5) is 8.72. The van der Waals surface area contributed by atoms with Crippen LogP contribution in [0.1, 0.15) is 0 Å². The van der Waals surface area contributed by atoms with E-state index in [1.54, 1.807) is 13.4 Å². The Bertz CT molecular complexity index is 660. The third-order valence-corrected chi connectivity index (χ3v) is 2.62. The first-order valence-electron chi connectivity index (χ1n) is 5.32. The Labute approximate surface area is 98.5 Å². The van der Waals surface area contributed by atoms with Gasteiger partial charge < -0.3 is 4.74 Å². The third-order valence-electron chi connectivity index (χ3n) is 2.62. The van der Waals surface area contributed by atoms with Gasteiger partial charge in [0.2, 0.25) is 5.88 Å². The Kier molecular flexibility index (Phi) is 2.26. The molecule has 3 aromatic rings. The lowest BCUT2D eigenvalue weighted by Crippen LogP contribution is -1.97. The standard InChI is InChI=1S/C13H11N3O/c1-17-13-8-4-7-12(15-13)16-9-14-10-5-2-3-6-11(10)16/h2-9H,1H3. The summed E-state index contributed by atoms with van der Waals surface area (Å²) in [7, 11) is 1.61. The van der Waals surface area contributed by atoms with Gasteiger partial charge in [0.15, 0.2) is 0 Å². The molecular formula is C13H11N3O. The average molecular weight is 225 g/mol. The first kappa shape index (κ1) is 9.84. The van der Waals surface area contributed by atoms with Gasteiger partial charge in [0.05, 0.1) is 18.1 Å². The van der Waals surface area contributed by atoms with Gasteiger partial charge in [-0.25, -0.2) is 4.98 Å². The van der Waals surface area contributed by atoms with Crippen LogP contribution < -0.4 is 4.74 Å². The van der Waals surface area contributed by atoms with Crippen LogP contribution in [0, 0.1) is 0 Å². The highest BCUT2D eigenvalue weighted by molar-refractivity contribution is 5.76. The van der Waals surface area contributed by atoms with Crippen molar-refractivity contribution in [3.63, 3.8) is 0 Å². The second-order valence-electron chi connectivity index (χ2n) is 3.64. The monoisotopic (exact) mass is 225 g/mol. The molecule has 0 aliphatic rings. The van der Waals surface area contributed by atoms with Crippen LogP contribution in [0.2, 0.25) is 0 Å². The summed E-state index contributed by atoms with van der Waals surface area (Å²) in [6.07, 6.45) is 1.77. The number of benzene rings is 1. The Morgan fingerprint density at radius 2 is 1.94 bits per heavy atom. The summed E-state index contributed by atoms with van der Waals surface area (Å²) in [5.41, 5.74) is 1.99. The fourth-order valence-electron chi connectivity index (χ4n) is 1.79. The Hall–Kier alpha value is -2.36. The number of imidazole rings is 1. The first-order valence-corrected chi connectivity index (χ1v) is 5.32. The smallest absolute Gasteiger partial charge is 0.214 e. The van der Waals surface area contributed by atoms with Gasteiger partial charge in [-0.05, 0) is 18.2 Å². The summed E-state index contributed by atoms with van der Waals surface area (Å²) in [6.45, 7) is 0. The lowest BCUT2D eigenvalue weighted by atomic mass is 10.3. The van der Waals surface area contributed by atoms with Gasteiger partial charge in [0.25, 0.3) is 0 Å². The molecule has 4 heteroatoms. The highest BCUT2D eigenvalue weighted by Gasteiger charge is 2.05. The fraction of sp³-hybridized carbons (Fsp3) is 0.0769. The van der Waals surface area contributed by atoms with Gasteiger partial charge in [-0.1, -0.05) is 18.2 Å². The zero-order valence-corrected chi connectivity index (χ0v) is 9.37. The SMILES string of the molecule is COc1cccc(-n2cnc3ccccc32)n1. The van der Waals surface area contributed by atoms with Gasteiger partial charge >= 0.3 is 0 Å². The Morgan fingerprint density at radius 1 is 1.06 bits per heavy atom. The lowest BCUT2D eigenvalue weighted by molar-refractivity contribution is 0.397. The molecule has 0 saturated carbocycles. The molecule has 0 radical (unpaired) electrons. The van der Waals surface area contributed by atoms with Crippen molar-refractivity contribution in [1.29, 1.82) is 0 Å². The number of fused-ring (bicyclic) bond motifs is 1. The molecule has 0 N–H and O–H groups in total. The zero-order chi connectivity index (χ0) is 11.7. The summed E-state index contributed by atoms with van der Waals surface area (Å²) in [5, 5.41) is 0. The highest BCUT2D eigenvalue weighted by atomic mass is 16.5. The number of hydrogen-bond donors (Lipinski definition) is 0. The molecule has 17 heavy (non-hydrogen) atoms. The van der Waals surface area contributed by atoms with Crippen molar-refractivity contribution in [2.45, 2.75) is 0 Å². The minimum absolute atomic E-state index is 0.597. The van der Waals surface area contributed by atoms with Crippen molar-refractivity contribution >= 4 is 11.0 Å². The van der Waals surface area contributed by atoms with Crippen molar-refractivity contribution in [1.82, 2.24) is 14.5 Å². The fourth-order valence-corrected chi connectivity index (χ4v) is 1.79. The predicted molar refractivity (Wildman–Crippen MR) is 65.4 cm³/mol. The van der Waals surface area contributed by atoms with E-state index in [-0.39, 0.29) is 0 Å². The summed E-state index contributed by atoms with van der Waals surface area (Å²) in [6, 6.07) is 13.6. The molecule has 0 amide bonds. The van der Waals surface area contributed by atoms with Gasteiger partial charge in [0, 0.05) is 6.07 Å². The molecule has 0 aliphatic heterocycles. The maximum Gasteiger partial charge on any atom is 0.214 e.